The Labute approximate surface area is 736 Å². The molecule has 2 saturated heterocycles. The Bertz CT molecular complexity index is 5770. The molecule has 34 nitrogen and oxygen atoms in total. The molecule has 40 heteroatoms. The van der Waals surface area contributed by atoms with Gasteiger partial charge in [-0.05, 0) is 186 Å². The molecule has 4 heterocycles. The van der Waals surface area contributed by atoms with E-state index in [0.717, 1.165) is 11.1 Å². The third kappa shape index (κ3) is 25.0. The standard InChI is InChI=1S/2C43H53BN6O11S2/c1-42(2,3)61-41(51)45-23-24-62(52,53)37-22-21-36(44-59-28-43(4,5)29-60-44)38(40-46-47-48-50(40)27-32-13-19-35(58-8)20-14-32)39(37)63(54,55)49(25-30-9-15-33(56-6)16-10-30)26-31-11-17-34(57-7)18-12-31;1-42(2,3)61-41(51)45-23-24-62(52,53)37-22-21-36(44-59-28-43(4,5)29-60-44)38(40-46-48-50(47-40)27-32-13-19-35(58-8)20-14-32)39(37)63(54,55)49(25-30-9-15-33(56-6)16-10-30)26-31-11-17-34(57-7)18-12-31/h2*9-22H,23-29H2,1-8H3,(H,45,51). The third-order valence-electron chi connectivity index (χ3n) is 19.7. The van der Waals surface area contributed by atoms with Crippen LogP contribution >= 0.6 is 0 Å². The van der Waals surface area contributed by atoms with Crippen molar-refractivity contribution in [2.75, 3.05) is 93.7 Å². The van der Waals surface area contributed by atoms with Crippen LogP contribution in [0.1, 0.15) is 103 Å². The number of nitrogens with zero attached hydrogens (tertiary/aromatic N) is 10. The minimum absolute atomic E-state index is 0.0584. The lowest BCUT2D eigenvalue weighted by atomic mass is 9.73. The highest BCUT2D eigenvalue weighted by molar-refractivity contribution is 7.94. The van der Waals surface area contributed by atoms with E-state index in [-0.39, 0.29) is 110 Å². The van der Waals surface area contributed by atoms with E-state index in [0.29, 0.717) is 56.8 Å². The van der Waals surface area contributed by atoms with Crippen LogP contribution in [0, 0.1) is 10.8 Å². The fourth-order valence-corrected chi connectivity index (χ4v) is 20.6. The largest absolute Gasteiger partial charge is 0.497 e. The van der Waals surface area contributed by atoms with Crippen molar-refractivity contribution in [1.82, 2.24) is 59.7 Å². The number of hydrogen-bond donors (Lipinski definition) is 2. The van der Waals surface area contributed by atoms with Crippen molar-refractivity contribution in [2.45, 2.75) is 139 Å². The lowest BCUT2D eigenvalue weighted by Gasteiger charge is -2.34. The second-order valence-electron chi connectivity index (χ2n) is 33.4. The molecule has 0 aliphatic carbocycles. The van der Waals surface area contributed by atoms with E-state index in [1.807, 2.05) is 52.0 Å². The topological polar surface area (TPSA) is 399 Å². The van der Waals surface area contributed by atoms with Crippen LogP contribution in [0.15, 0.2) is 189 Å². The zero-order chi connectivity index (χ0) is 91.2. The first kappa shape index (κ1) is 95.6. The minimum Gasteiger partial charge on any atom is -0.497 e. The average molecular weight is 1810 g/mol. The summed E-state index contributed by atoms with van der Waals surface area (Å²) < 4.78 is 194. The number of aromatic nitrogens is 8. The number of sulfone groups is 2. The summed E-state index contributed by atoms with van der Waals surface area (Å²) in [6.07, 6.45) is -1.67. The molecule has 672 valence electrons. The molecule has 0 atom stereocenters. The normalized spacial score (nSPS) is 14.3. The lowest BCUT2D eigenvalue weighted by molar-refractivity contribution is 0.0343. The van der Waals surface area contributed by atoms with E-state index in [2.05, 4.69) is 41.6 Å². The van der Waals surface area contributed by atoms with Gasteiger partial charge in [0.25, 0.3) is 0 Å². The maximum absolute atomic E-state index is 15.9. The first-order valence-corrected chi connectivity index (χ1v) is 46.3. The molecule has 0 unspecified atom stereocenters. The van der Waals surface area contributed by atoms with Crippen LogP contribution in [0.4, 0.5) is 9.59 Å². The highest BCUT2D eigenvalue weighted by Gasteiger charge is 2.46. The van der Waals surface area contributed by atoms with E-state index < -0.39 is 122 Å². The van der Waals surface area contributed by atoms with Gasteiger partial charge in [0, 0.05) is 87.7 Å². The van der Waals surface area contributed by atoms with Gasteiger partial charge in [-0.15, -0.1) is 15.3 Å². The summed E-state index contributed by atoms with van der Waals surface area (Å²) in [5.41, 5.74) is 1.48. The number of tetrazole rings is 2. The van der Waals surface area contributed by atoms with Crippen molar-refractivity contribution in [1.29, 1.82) is 0 Å². The molecule has 12 rings (SSSR count). The Balaban J connectivity index is 0.000000245. The van der Waals surface area contributed by atoms with Crippen molar-refractivity contribution >= 4 is 77.1 Å². The molecule has 8 aromatic carbocycles. The Morgan fingerprint density at radius 2 is 0.730 bits per heavy atom. The van der Waals surface area contributed by atoms with Gasteiger partial charge in [-0.25, -0.2) is 47.9 Å². The minimum atomic E-state index is -4.90. The highest BCUT2D eigenvalue weighted by atomic mass is 32.2. The maximum atomic E-state index is 15.9. The zero-order valence-electron chi connectivity index (χ0n) is 73.3. The molecule has 0 spiro atoms. The summed E-state index contributed by atoms with van der Waals surface area (Å²) in [5.74, 6) is 1.89. The Hall–Kier alpha value is -11.1. The molecule has 126 heavy (non-hydrogen) atoms. The van der Waals surface area contributed by atoms with Crippen molar-refractivity contribution in [3.05, 3.63) is 203 Å². The van der Waals surface area contributed by atoms with Gasteiger partial charge in [-0.1, -0.05) is 113 Å². The molecule has 0 saturated carbocycles. The summed E-state index contributed by atoms with van der Waals surface area (Å²) in [6, 6.07) is 47.2. The predicted molar refractivity (Wildman–Crippen MR) is 470 cm³/mol. The summed E-state index contributed by atoms with van der Waals surface area (Å²) >= 11 is 0. The molecule has 2 fully saturated rings. The van der Waals surface area contributed by atoms with Crippen LogP contribution in [0.3, 0.4) is 0 Å². The molecule has 10 aromatic rings. The molecule has 2 aromatic heterocycles. The SMILES string of the molecule is COc1ccc(CN(Cc2ccc(OC)cc2)S(=O)(=O)c2c(S(=O)(=O)CCNC(=O)OC(C)(C)C)ccc(B3OCC(C)(C)CO3)c2-c2nnn(Cc3ccc(OC)cc3)n2)cc1.COc1ccc(CN(Cc2ccc(OC)cc2)S(=O)(=O)c2c(S(=O)(=O)CCNC(=O)OC(C)(C)C)ccc(B3OCC(C)(C)CO3)c2-c2nnnn2Cc2ccc(OC)cc2)cc1. The van der Waals surface area contributed by atoms with Crippen molar-refractivity contribution < 1.29 is 99.8 Å². The van der Waals surface area contributed by atoms with Gasteiger partial charge < -0.3 is 67.1 Å². The summed E-state index contributed by atoms with van der Waals surface area (Å²) in [7, 11) is -12.0. The Morgan fingerprint density at radius 1 is 0.421 bits per heavy atom. The van der Waals surface area contributed by atoms with Crippen LogP contribution < -0.4 is 50.0 Å². The molecule has 2 aliphatic heterocycles. The van der Waals surface area contributed by atoms with Gasteiger partial charge in [0.1, 0.15) is 55.5 Å². The van der Waals surface area contributed by atoms with E-state index in [4.69, 9.17) is 56.5 Å². The summed E-state index contributed by atoms with van der Waals surface area (Å²) in [5, 5.41) is 30.9. The van der Waals surface area contributed by atoms with Crippen LogP contribution in [-0.4, -0.2) is 214 Å². The fraction of sp³-hybridized carbons (Fsp3) is 0.395. The zero-order valence-corrected chi connectivity index (χ0v) is 76.6. The number of benzene rings is 8. The average Bonchev–Trinajstić information content (AvgIpc) is 1.05. The number of alkyl carbamates (subject to hydrolysis) is 2. The van der Waals surface area contributed by atoms with Crippen molar-refractivity contribution in [3.63, 3.8) is 0 Å². The van der Waals surface area contributed by atoms with Crippen LogP contribution in [-0.2, 0) is 107 Å². The summed E-state index contributed by atoms with van der Waals surface area (Å²) in [6.45, 7) is 17.5. The molecule has 0 bridgehead atoms. The second kappa shape index (κ2) is 40.7. The number of ether oxygens (including phenoxy) is 8. The number of rotatable bonds is 34. The second-order valence-corrected chi connectivity index (χ2v) is 41.3. The monoisotopic (exact) mass is 1810 g/mol. The molecule has 0 radical (unpaired) electrons. The molecular weight excluding hydrogens is 1700 g/mol. The van der Waals surface area contributed by atoms with E-state index in [9.17, 15) is 26.4 Å². The van der Waals surface area contributed by atoms with Gasteiger partial charge >= 0.3 is 26.4 Å². The fourth-order valence-electron chi connectivity index (χ4n) is 13.3. The lowest BCUT2D eigenvalue weighted by Crippen LogP contribution is -2.48. The Morgan fingerprint density at radius 3 is 1.06 bits per heavy atom. The quantitative estimate of drug-likeness (QED) is 0.0354. The molecule has 2 amide bonds. The number of nitrogens with one attached hydrogen (secondary N) is 2. The predicted octanol–water partition coefficient (Wildman–Crippen LogP) is 9.74. The number of sulfonamides is 2. The highest BCUT2D eigenvalue weighted by Crippen LogP contribution is 2.40. The number of carbonyl (C=O) groups excluding carboxylic acids is 2. The number of hydrogen-bond acceptors (Lipinski definition) is 28. The van der Waals surface area contributed by atoms with E-state index >= 15 is 16.8 Å². The van der Waals surface area contributed by atoms with Crippen molar-refractivity contribution in [2.24, 2.45) is 10.8 Å². The van der Waals surface area contributed by atoms with Gasteiger partial charge in [0.2, 0.25) is 25.9 Å². The van der Waals surface area contributed by atoms with Crippen molar-refractivity contribution in [3.8, 4) is 57.3 Å². The van der Waals surface area contributed by atoms with E-state index in [1.54, 1.807) is 177 Å². The van der Waals surface area contributed by atoms with Gasteiger partial charge in [-0.2, -0.15) is 13.4 Å². The van der Waals surface area contributed by atoms with Crippen LogP contribution in [0.2, 0.25) is 0 Å². The van der Waals surface area contributed by atoms with Crippen LogP contribution in [0.25, 0.3) is 22.8 Å². The van der Waals surface area contributed by atoms with Gasteiger partial charge in [0.15, 0.2) is 25.5 Å². The van der Waals surface area contributed by atoms with Gasteiger partial charge in [-0.3, -0.25) is 0 Å². The third-order valence-corrected chi connectivity index (χ3v) is 27.3. The smallest absolute Gasteiger partial charge is 0.494 e. The summed E-state index contributed by atoms with van der Waals surface area (Å²) in [4.78, 5) is 24.2. The first-order chi connectivity index (χ1) is 59.6. The Kier molecular flexibility index (Phi) is 30.9. The number of amides is 2. The molecule has 2 N–H and O–H groups in total. The number of carbonyl (C=O) groups is 2. The van der Waals surface area contributed by atoms with Gasteiger partial charge in [0.05, 0.1) is 77.0 Å². The van der Waals surface area contributed by atoms with E-state index in [1.165, 1.54) is 70.8 Å². The first-order valence-electron chi connectivity index (χ1n) is 40.2. The number of methoxy groups -OCH3 is 6. The molecule has 2 aliphatic rings. The molecular formula is C86H106B2N12O22S4. The van der Waals surface area contributed by atoms with Crippen LogP contribution in [0.5, 0.6) is 34.5 Å². The maximum Gasteiger partial charge on any atom is 0.494 e.